The number of hydrogen-bond donors (Lipinski definition) is 0. The number of benzene rings is 1. The third-order valence-electron chi connectivity index (χ3n) is 2.88. The summed E-state index contributed by atoms with van der Waals surface area (Å²) in [5.41, 5.74) is -0.332. The van der Waals surface area contributed by atoms with Gasteiger partial charge in [0.25, 0.3) is 0 Å². The van der Waals surface area contributed by atoms with E-state index in [9.17, 15) is 18.0 Å². The Morgan fingerprint density at radius 3 is 2.62 bits per heavy atom. The molecule has 0 saturated carbocycles. The molecule has 0 unspecified atom stereocenters. The van der Waals surface area contributed by atoms with Crippen LogP contribution in [0.3, 0.4) is 0 Å². The molecule has 1 aromatic heterocycles. The zero-order valence-electron chi connectivity index (χ0n) is 10.9. The molecule has 0 radical (unpaired) electrons. The smallest absolute Gasteiger partial charge is 0.416 e. The first-order valence-electron chi connectivity index (χ1n) is 5.82. The molecule has 0 aliphatic heterocycles. The maximum absolute atomic E-state index is 12.7. The number of methoxy groups -OCH3 is 1. The highest BCUT2D eigenvalue weighted by molar-refractivity contribution is 5.88. The third kappa shape index (κ3) is 2.77. The second kappa shape index (κ2) is 5.37. The number of esters is 1. The lowest BCUT2D eigenvalue weighted by atomic mass is 10.1. The van der Waals surface area contributed by atoms with Crippen molar-refractivity contribution in [3.05, 3.63) is 53.3 Å². The number of alkyl halides is 3. The SMILES string of the molecule is C#Cc1cc(C(F)(F)F)ccc1-n1cccc1C(=O)OC. The van der Waals surface area contributed by atoms with Crippen LogP contribution in [0.15, 0.2) is 36.5 Å². The summed E-state index contributed by atoms with van der Waals surface area (Å²) in [7, 11) is 1.22. The van der Waals surface area contributed by atoms with E-state index in [1.165, 1.54) is 30.0 Å². The molecule has 0 atom stereocenters. The van der Waals surface area contributed by atoms with E-state index in [1.807, 2.05) is 0 Å². The van der Waals surface area contributed by atoms with Crippen molar-refractivity contribution in [3.63, 3.8) is 0 Å². The molecule has 2 aromatic rings. The van der Waals surface area contributed by atoms with Crippen molar-refractivity contribution in [3.8, 4) is 18.0 Å². The summed E-state index contributed by atoms with van der Waals surface area (Å²) < 4.78 is 44.1. The number of hydrogen-bond acceptors (Lipinski definition) is 2. The van der Waals surface area contributed by atoms with Gasteiger partial charge in [-0.2, -0.15) is 13.2 Å². The summed E-state index contributed by atoms with van der Waals surface area (Å²) in [6.07, 6.45) is 2.32. The van der Waals surface area contributed by atoms with Crippen LogP contribution in [0.25, 0.3) is 5.69 Å². The van der Waals surface area contributed by atoms with Crippen LogP contribution in [-0.2, 0) is 10.9 Å². The minimum atomic E-state index is -4.48. The Kier molecular flexibility index (Phi) is 3.76. The molecule has 0 bridgehead atoms. The molecule has 0 fully saturated rings. The highest BCUT2D eigenvalue weighted by atomic mass is 19.4. The zero-order chi connectivity index (χ0) is 15.6. The lowest BCUT2D eigenvalue weighted by molar-refractivity contribution is -0.137. The second-order valence-electron chi connectivity index (χ2n) is 4.13. The minimum Gasteiger partial charge on any atom is -0.464 e. The molecule has 0 N–H and O–H groups in total. The van der Waals surface area contributed by atoms with Gasteiger partial charge in [-0.3, -0.25) is 0 Å². The van der Waals surface area contributed by atoms with Gasteiger partial charge in [-0.25, -0.2) is 4.79 Å². The van der Waals surface area contributed by atoms with Gasteiger partial charge in [-0.05, 0) is 30.3 Å². The van der Waals surface area contributed by atoms with Crippen molar-refractivity contribution in [1.82, 2.24) is 4.57 Å². The highest BCUT2D eigenvalue weighted by Crippen LogP contribution is 2.31. The monoisotopic (exact) mass is 293 g/mol. The first-order valence-corrected chi connectivity index (χ1v) is 5.82. The number of carbonyl (C=O) groups is 1. The molecule has 1 aromatic carbocycles. The van der Waals surface area contributed by atoms with Crippen LogP contribution in [0.4, 0.5) is 13.2 Å². The Hall–Kier alpha value is -2.68. The summed E-state index contributed by atoms with van der Waals surface area (Å²) in [6.45, 7) is 0. The van der Waals surface area contributed by atoms with E-state index in [1.54, 1.807) is 6.07 Å². The number of ether oxygens (including phenoxy) is 1. The van der Waals surface area contributed by atoms with E-state index in [0.717, 1.165) is 12.1 Å². The van der Waals surface area contributed by atoms with Crippen LogP contribution in [-0.4, -0.2) is 17.6 Å². The summed E-state index contributed by atoms with van der Waals surface area (Å²) in [4.78, 5) is 11.6. The van der Waals surface area contributed by atoms with E-state index in [0.29, 0.717) is 5.69 Å². The number of halogens is 3. The van der Waals surface area contributed by atoms with E-state index < -0.39 is 17.7 Å². The topological polar surface area (TPSA) is 31.2 Å². The maximum atomic E-state index is 12.7. The Balaban J connectivity index is 2.59. The summed E-state index contributed by atoms with van der Waals surface area (Å²) in [5.74, 6) is 1.60. The normalized spacial score (nSPS) is 11.0. The molecule has 21 heavy (non-hydrogen) atoms. The molecule has 3 nitrogen and oxygen atoms in total. The maximum Gasteiger partial charge on any atom is 0.416 e. The van der Waals surface area contributed by atoms with Crippen molar-refractivity contribution in [2.24, 2.45) is 0 Å². The van der Waals surface area contributed by atoms with Gasteiger partial charge in [0.2, 0.25) is 0 Å². The molecule has 6 heteroatoms. The number of nitrogens with zero attached hydrogens (tertiary/aromatic N) is 1. The third-order valence-corrected chi connectivity index (χ3v) is 2.88. The molecule has 0 amide bonds. The Labute approximate surface area is 119 Å². The summed E-state index contributed by atoms with van der Waals surface area (Å²) in [5, 5.41) is 0. The molecule has 0 saturated heterocycles. The number of rotatable bonds is 2. The predicted octanol–water partition coefficient (Wildman–Crippen LogP) is 3.26. The van der Waals surface area contributed by atoms with Gasteiger partial charge >= 0.3 is 12.1 Å². The molecule has 0 aliphatic rings. The van der Waals surface area contributed by atoms with E-state index in [2.05, 4.69) is 10.7 Å². The summed E-state index contributed by atoms with van der Waals surface area (Å²) in [6, 6.07) is 6.08. The number of terminal acetylenes is 1. The van der Waals surface area contributed by atoms with Gasteiger partial charge in [0.15, 0.2) is 0 Å². The van der Waals surface area contributed by atoms with Crippen LogP contribution in [0.5, 0.6) is 0 Å². The van der Waals surface area contributed by atoms with Crippen LogP contribution in [0.2, 0.25) is 0 Å². The second-order valence-corrected chi connectivity index (χ2v) is 4.13. The summed E-state index contributed by atoms with van der Waals surface area (Å²) >= 11 is 0. The lowest BCUT2D eigenvalue weighted by Gasteiger charge is -2.13. The van der Waals surface area contributed by atoms with Gasteiger partial charge in [-0.1, -0.05) is 5.92 Å². The van der Waals surface area contributed by atoms with Crippen molar-refractivity contribution >= 4 is 5.97 Å². The fraction of sp³-hybridized carbons (Fsp3) is 0.133. The van der Waals surface area contributed by atoms with Crippen molar-refractivity contribution in [1.29, 1.82) is 0 Å². The predicted molar refractivity (Wildman–Crippen MR) is 70.0 cm³/mol. The van der Waals surface area contributed by atoms with E-state index in [4.69, 9.17) is 6.42 Å². The lowest BCUT2D eigenvalue weighted by Crippen LogP contribution is -2.11. The van der Waals surface area contributed by atoms with E-state index >= 15 is 0 Å². The first kappa shape index (κ1) is 14.7. The molecular formula is C15H10F3NO2. The molecular weight excluding hydrogens is 283 g/mol. The quantitative estimate of drug-likeness (QED) is 0.628. The standard InChI is InChI=1S/C15H10F3NO2/c1-3-10-9-11(15(16,17)18)6-7-12(10)19-8-4-5-13(19)14(20)21-2/h1,4-9H,2H3. The Bertz CT molecular complexity index is 723. The van der Waals surface area contributed by atoms with E-state index in [-0.39, 0.29) is 11.3 Å². The average Bonchev–Trinajstić information content (AvgIpc) is 2.93. The minimum absolute atomic E-state index is 0.0335. The van der Waals surface area contributed by atoms with Crippen molar-refractivity contribution < 1.29 is 22.7 Å². The Morgan fingerprint density at radius 2 is 2.05 bits per heavy atom. The van der Waals surface area contributed by atoms with Crippen LogP contribution in [0, 0.1) is 12.3 Å². The van der Waals surface area contributed by atoms with Crippen LogP contribution >= 0.6 is 0 Å². The number of aromatic nitrogens is 1. The molecule has 0 spiro atoms. The molecule has 1 heterocycles. The zero-order valence-corrected chi connectivity index (χ0v) is 10.9. The van der Waals surface area contributed by atoms with Crippen molar-refractivity contribution in [2.45, 2.75) is 6.18 Å². The van der Waals surface area contributed by atoms with Crippen molar-refractivity contribution in [2.75, 3.05) is 7.11 Å². The molecule has 0 aliphatic carbocycles. The highest BCUT2D eigenvalue weighted by Gasteiger charge is 2.31. The van der Waals surface area contributed by atoms with Gasteiger partial charge in [-0.15, -0.1) is 6.42 Å². The van der Waals surface area contributed by atoms with Gasteiger partial charge in [0.05, 0.1) is 18.4 Å². The fourth-order valence-corrected chi connectivity index (χ4v) is 1.90. The molecule has 108 valence electrons. The first-order chi connectivity index (χ1) is 9.88. The molecule has 2 rings (SSSR count). The van der Waals surface area contributed by atoms with Gasteiger partial charge in [0, 0.05) is 11.8 Å². The average molecular weight is 293 g/mol. The largest absolute Gasteiger partial charge is 0.464 e. The number of carbonyl (C=O) groups excluding carboxylic acids is 1. The van der Waals surface area contributed by atoms with Gasteiger partial charge < -0.3 is 9.30 Å². The van der Waals surface area contributed by atoms with Crippen LogP contribution < -0.4 is 0 Å². The fourth-order valence-electron chi connectivity index (χ4n) is 1.90. The Morgan fingerprint density at radius 1 is 1.33 bits per heavy atom. The van der Waals surface area contributed by atoms with Gasteiger partial charge in [0.1, 0.15) is 5.69 Å². The van der Waals surface area contributed by atoms with Crippen LogP contribution in [0.1, 0.15) is 21.6 Å².